The summed E-state index contributed by atoms with van der Waals surface area (Å²) in [5.41, 5.74) is 4.53. The molecule has 2 aromatic carbocycles. The fourth-order valence-corrected chi connectivity index (χ4v) is 4.90. The molecule has 1 saturated heterocycles. The summed E-state index contributed by atoms with van der Waals surface area (Å²) >= 11 is 0. The summed E-state index contributed by atoms with van der Waals surface area (Å²) in [5, 5.41) is 11.9. The lowest BCUT2D eigenvalue weighted by Gasteiger charge is -2.38. The van der Waals surface area contributed by atoms with Crippen LogP contribution in [0.2, 0.25) is 0 Å². The minimum atomic E-state index is -0.921. The van der Waals surface area contributed by atoms with Gasteiger partial charge in [0.2, 0.25) is 0 Å². The fourth-order valence-electron chi connectivity index (χ4n) is 4.90. The lowest BCUT2D eigenvalue weighted by Crippen LogP contribution is -2.53. The van der Waals surface area contributed by atoms with Gasteiger partial charge >= 0.3 is 12.1 Å². The summed E-state index contributed by atoms with van der Waals surface area (Å²) in [7, 11) is 1.39. The molecule has 0 aromatic heterocycles. The average molecular weight is 467 g/mol. The van der Waals surface area contributed by atoms with Crippen LogP contribution in [0.3, 0.4) is 0 Å². The molecule has 8 nitrogen and oxygen atoms in total. The second-order valence-corrected chi connectivity index (χ2v) is 8.88. The zero-order chi connectivity index (χ0) is 24.2. The van der Waals surface area contributed by atoms with Crippen molar-refractivity contribution in [3.8, 4) is 11.1 Å². The second-order valence-electron chi connectivity index (χ2n) is 8.88. The van der Waals surface area contributed by atoms with E-state index in [0.29, 0.717) is 12.8 Å². The smallest absolute Gasteiger partial charge is 0.407 e. The van der Waals surface area contributed by atoms with Gasteiger partial charge in [0.1, 0.15) is 6.61 Å². The molecule has 0 spiro atoms. The summed E-state index contributed by atoms with van der Waals surface area (Å²) < 4.78 is 10.8. The number of nitrogens with zero attached hydrogens (tertiary/aromatic N) is 1. The highest BCUT2D eigenvalue weighted by molar-refractivity contribution is 5.83. The topological polar surface area (TPSA) is 105 Å². The van der Waals surface area contributed by atoms with Crippen LogP contribution in [0.4, 0.5) is 4.79 Å². The van der Waals surface area contributed by atoms with Crippen LogP contribution in [0.5, 0.6) is 0 Å². The molecule has 1 aliphatic heterocycles. The lowest BCUT2D eigenvalue weighted by molar-refractivity contribution is -0.151. The maximum absolute atomic E-state index is 13.0. The first-order valence-corrected chi connectivity index (χ1v) is 11.6. The number of piperidine rings is 1. The number of carbonyl (C=O) groups is 3. The maximum atomic E-state index is 13.0. The number of ether oxygens (including phenoxy) is 2. The van der Waals surface area contributed by atoms with Crippen molar-refractivity contribution in [2.75, 3.05) is 26.8 Å². The van der Waals surface area contributed by atoms with Gasteiger partial charge in [-0.3, -0.25) is 9.59 Å². The number of carbonyl (C=O) groups excluding carboxylic acids is 2. The van der Waals surface area contributed by atoms with Crippen molar-refractivity contribution in [3.63, 3.8) is 0 Å². The Balaban J connectivity index is 1.34. The van der Waals surface area contributed by atoms with Crippen LogP contribution in [0.15, 0.2) is 48.5 Å². The van der Waals surface area contributed by atoms with Crippen LogP contribution in [0, 0.1) is 5.92 Å². The number of rotatable bonds is 7. The summed E-state index contributed by atoms with van der Waals surface area (Å²) in [4.78, 5) is 38.3. The van der Waals surface area contributed by atoms with Gasteiger partial charge in [-0.25, -0.2) is 4.79 Å². The molecule has 0 bridgehead atoms. The molecule has 3 atom stereocenters. The molecule has 2 aliphatic rings. The first-order chi connectivity index (χ1) is 16.4. The summed E-state index contributed by atoms with van der Waals surface area (Å²) in [5.74, 6) is -1.89. The molecule has 0 radical (unpaired) electrons. The van der Waals surface area contributed by atoms with Crippen LogP contribution in [-0.4, -0.2) is 66.9 Å². The molecule has 180 valence electrons. The highest BCUT2D eigenvalue weighted by Crippen LogP contribution is 2.44. The summed E-state index contributed by atoms with van der Waals surface area (Å²) in [6.07, 6.45) is -0.406. The van der Waals surface area contributed by atoms with Gasteiger partial charge in [0.25, 0.3) is 5.91 Å². The van der Waals surface area contributed by atoms with E-state index in [-0.39, 0.29) is 37.6 Å². The molecule has 2 N–H and O–H groups in total. The third-order valence-corrected chi connectivity index (χ3v) is 6.85. The number of methoxy groups -OCH3 is 1. The Hall–Kier alpha value is -3.39. The van der Waals surface area contributed by atoms with E-state index >= 15 is 0 Å². The molecule has 8 heteroatoms. The van der Waals surface area contributed by atoms with Gasteiger partial charge in [0.15, 0.2) is 6.10 Å². The minimum absolute atomic E-state index is 0.0554. The molecule has 1 heterocycles. The van der Waals surface area contributed by atoms with Crippen LogP contribution in [-0.2, 0) is 19.1 Å². The number of carboxylic acids is 1. The number of benzene rings is 2. The van der Waals surface area contributed by atoms with Gasteiger partial charge in [-0.15, -0.1) is 0 Å². The maximum Gasteiger partial charge on any atom is 0.407 e. The van der Waals surface area contributed by atoms with Gasteiger partial charge < -0.3 is 24.8 Å². The Morgan fingerprint density at radius 3 is 2.26 bits per heavy atom. The SMILES string of the molecule is COC(CNC(=O)OCC1c2ccccc2-c2ccccc21)C(=O)N1CC(C(=O)O)CCC1C. The Morgan fingerprint density at radius 2 is 1.68 bits per heavy atom. The van der Waals surface area contributed by atoms with E-state index in [1.165, 1.54) is 12.0 Å². The van der Waals surface area contributed by atoms with Crippen molar-refractivity contribution in [3.05, 3.63) is 59.7 Å². The Kier molecular flexibility index (Phi) is 7.17. The van der Waals surface area contributed by atoms with Crippen molar-refractivity contribution in [2.45, 2.75) is 37.8 Å². The average Bonchev–Trinajstić information content (AvgIpc) is 3.16. The lowest BCUT2D eigenvalue weighted by atomic mass is 9.93. The van der Waals surface area contributed by atoms with E-state index in [4.69, 9.17) is 9.47 Å². The number of hydrogen-bond donors (Lipinski definition) is 2. The number of likely N-dealkylation sites (tertiary alicyclic amines) is 1. The molecular formula is C26H30N2O6. The van der Waals surface area contributed by atoms with Crippen LogP contribution in [0.25, 0.3) is 11.1 Å². The van der Waals surface area contributed by atoms with E-state index in [9.17, 15) is 19.5 Å². The van der Waals surface area contributed by atoms with Gasteiger partial charge in [0.05, 0.1) is 12.5 Å². The fraction of sp³-hybridized carbons (Fsp3) is 0.423. The van der Waals surface area contributed by atoms with Crippen LogP contribution in [0.1, 0.15) is 36.8 Å². The van der Waals surface area contributed by atoms with Crippen molar-refractivity contribution in [2.24, 2.45) is 5.92 Å². The molecule has 34 heavy (non-hydrogen) atoms. The highest BCUT2D eigenvalue weighted by Gasteiger charge is 2.36. The molecular weight excluding hydrogens is 436 g/mol. The predicted molar refractivity (Wildman–Crippen MR) is 125 cm³/mol. The third kappa shape index (κ3) is 4.77. The molecule has 2 amide bonds. The molecule has 3 unspecified atom stereocenters. The van der Waals surface area contributed by atoms with Crippen molar-refractivity contribution >= 4 is 18.0 Å². The molecule has 4 rings (SSSR count). The predicted octanol–water partition coefficient (Wildman–Crippen LogP) is 3.25. The summed E-state index contributed by atoms with van der Waals surface area (Å²) in [6, 6.07) is 16.1. The Labute approximate surface area is 198 Å². The molecule has 2 aromatic rings. The first kappa shape index (κ1) is 23.8. The summed E-state index contributed by atoms with van der Waals surface area (Å²) in [6.45, 7) is 2.14. The van der Waals surface area contributed by atoms with Crippen LogP contribution < -0.4 is 5.32 Å². The number of hydrogen-bond acceptors (Lipinski definition) is 5. The quantitative estimate of drug-likeness (QED) is 0.649. The number of alkyl carbamates (subject to hydrolysis) is 1. The van der Waals surface area contributed by atoms with E-state index in [1.807, 2.05) is 43.3 Å². The standard InChI is InChI=1S/C26H30N2O6/c1-16-11-12-17(25(30)31)14-28(16)24(29)23(33-2)13-27-26(32)34-15-22-20-9-5-3-7-18(20)19-8-4-6-10-21(19)22/h3-10,16-17,22-23H,11-15H2,1-2H3,(H,27,32)(H,30,31). The zero-order valence-electron chi connectivity index (χ0n) is 19.4. The monoisotopic (exact) mass is 466 g/mol. The Morgan fingerprint density at radius 1 is 1.06 bits per heavy atom. The minimum Gasteiger partial charge on any atom is -0.481 e. The zero-order valence-corrected chi connectivity index (χ0v) is 19.4. The highest BCUT2D eigenvalue weighted by atomic mass is 16.5. The van der Waals surface area contributed by atoms with Gasteiger partial charge in [-0.05, 0) is 42.0 Å². The van der Waals surface area contributed by atoms with Gasteiger partial charge in [0, 0.05) is 25.6 Å². The number of amides is 2. The van der Waals surface area contributed by atoms with E-state index in [2.05, 4.69) is 17.4 Å². The van der Waals surface area contributed by atoms with E-state index in [1.54, 1.807) is 0 Å². The number of carboxylic acid groups (broad SMARTS) is 1. The molecule has 1 fully saturated rings. The number of nitrogens with one attached hydrogen (secondary N) is 1. The van der Waals surface area contributed by atoms with E-state index < -0.39 is 24.1 Å². The van der Waals surface area contributed by atoms with Gasteiger partial charge in [-0.2, -0.15) is 0 Å². The largest absolute Gasteiger partial charge is 0.481 e. The molecule has 1 aliphatic carbocycles. The molecule has 0 saturated carbocycles. The van der Waals surface area contributed by atoms with Crippen molar-refractivity contribution in [1.29, 1.82) is 0 Å². The first-order valence-electron chi connectivity index (χ1n) is 11.6. The Bertz CT molecular complexity index is 1030. The number of aliphatic carboxylic acids is 1. The number of fused-ring (bicyclic) bond motifs is 3. The van der Waals surface area contributed by atoms with E-state index in [0.717, 1.165) is 22.3 Å². The van der Waals surface area contributed by atoms with Gasteiger partial charge in [-0.1, -0.05) is 48.5 Å². The van der Waals surface area contributed by atoms with Crippen molar-refractivity contribution < 1.29 is 29.0 Å². The normalized spacial score (nSPS) is 20.2. The van der Waals surface area contributed by atoms with Crippen LogP contribution >= 0.6 is 0 Å². The third-order valence-electron chi connectivity index (χ3n) is 6.85. The second kappa shape index (κ2) is 10.3. The van der Waals surface area contributed by atoms with Crippen molar-refractivity contribution in [1.82, 2.24) is 10.2 Å².